The Balaban J connectivity index is 1.53. The molecule has 122 valence electrons. The van der Waals surface area contributed by atoms with Crippen LogP contribution in [0.15, 0.2) is 59.0 Å². The Hall–Kier alpha value is -2.86. The third-order valence-electron chi connectivity index (χ3n) is 3.12. The molecular formula is C17H14ClN3O3. The van der Waals surface area contributed by atoms with Crippen LogP contribution in [0.2, 0.25) is 5.02 Å². The van der Waals surface area contributed by atoms with Crippen molar-refractivity contribution in [2.45, 2.75) is 6.42 Å². The Labute approximate surface area is 143 Å². The summed E-state index contributed by atoms with van der Waals surface area (Å²) < 4.78 is 10.9. The number of rotatable bonds is 6. The lowest BCUT2D eigenvalue weighted by Gasteiger charge is -2.04. The fourth-order valence-corrected chi connectivity index (χ4v) is 2.19. The number of amides is 1. The van der Waals surface area contributed by atoms with Crippen molar-refractivity contribution >= 4 is 23.5 Å². The summed E-state index contributed by atoms with van der Waals surface area (Å²) in [6.45, 7) is 0.251. The number of carbonyl (C=O) groups is 1. The first-order chi connectivity index (χ1) is 11.7. The molecule has 0 unspecified atom stereocenters. The second kappa shape index (κ2) is 7.61. The van der Waals surface area contributed by atoms with E-state index in [0.717, 1.165) is 0 Å². The molecule has 2 aromatic carbocycles. The minimum atomic E-state index is -0.278. The van der Waals surface area contributed by atoms with Gasteiger partial charge in [-0.15, -0.1) is 5.10 Å². The van der Waals surface area contributed by atoms with E-state index < -0.39 is 0 Å². The zero-order chi connectivity index (χ0) is 16.8. The molecule has 0 atom stereocenters. The Morgan fingerprint density at radius 2 is 1.83 bits per heavy atom. The van der Waals surface area contributed by atoms with Crippen molar-refractivity contribution in [1.82, 2.24) is 10.2 Å². The van der Waals surface area contributed by atoms with Gasteiger partial charge in [0.05, 0.1) is 23.6 Å². The number of benzene rings is 2. The monoisotopic (exact) mass is 343 g/mol. The Kier molecular flexibility index (Phi) is 5.08. The van der Waals surface area contributed by atoms with Crippen molar-refractivity contribution in [3.63, 3.8) is 0 Å². The number of anilines is 1. The van der Waals surface area contributed by atoms with E-state index in [1.807, 2.05) is 36.4 Å². The fraction of sp³-hybridized carbons (Fsp3) is 0.118. The summed E-state index contributed by atoms with van der Waals surface area (Å²) in [6, 6.07) is 16.4. The molecule has 24 heavy (non-hydrogen) atoms. The van der Waals surface area contributed by atoms with Crippen molar-refractivity contribution in [1.29, 1.82) is 0 Å². The van der Waals surface area contributed by atoms with E-state index in [0.29, 0.717) is 16.3 Å². The van der Waals surface area contributed by atoms with Crippen LogP contribution in [0.3, 0.4) is 0 Å². The Morgan fingerprint density at radius 1 is 1.08 bits per heavy atom. The van der Waals surface area contributed by atoms with Crippen LogP contribution in [0.4, 0.5) is 6.01 Å². The number of hydrogen-bond donors (Lipinski definition) is 1. The van der Waals surface area contributed by atoms with Crippen LogP contribution in [0.5, 0.6) is 5.75 Å². The summed E-state index contributed by atoms with van der Waals surface area (Å²) in [7, 11) is 0. The Bertz CT molecular complexity index is 821. The predicted molar refractivity (Wildman–Crippen MR) is 89.9 cm³/mol. The summed E-state index contributed by atoms with van der Waals surface area (Å²) in [5.41, 5.74) is 0.611. The molecule has 3 rings (SSSR count). The number of hydrogen-bond acceptors (Lipinski definition) is 5. The molecule has 1 amide bonds. The number of aromatic nitrogens is 2. The first-order valence-electron chi connectivity index (χ1n) is 7.28. The normalized spacial score (nSPS) is 10.4. The maximum Gasteiger partial charge on any atom is 0.322 e. The number of carbonyl (C=O) groups excluding carboxylic acids is 1. The van der Waals surface area contributed by atoms with Crippen molar-refractivity contribution in [3.05, 3.63) is 59.6 Å². The third-order valence-corrected chi connectivity index (χ3v) is 3.45. The molecule has 0 spiro atoms. The molecule has 0 aliphatic heterocycles. The van der Waals surface area contributed by atoms with E-state index >= 15 is 0 Å². The van der Waals surface area contributed by atoms with Gasteiger partial charge in [0, 0.05) is 0 Å². The average molecular weight is 344 g/mol. The third kappa shape index (κ3) is 4.11. The Morgan fingerprint density at radius 3 is 2.62 bits per heavy atom. The summed E-state index contributed by atoms with van der Waals surface area (Å²) in [6.07, 6.45) is 0.165. The van der Waals surface area contributed by atoms with Crippen molar-refractivity contribution in [2.24, 2.45) is 0 Å². The molecule has 6 nitrogen and oxygen atoms in total. The zero-order valence-corrected chi connectivity index (χ0v) is 13.4. The molecule has 1 N–H and O–H groups in total. The van der Waals surface area contributed by atoms with Crippen LogP contribution in [0.25, 0.3) is 11.5 Å². The molecular weight excluding hydrogens is 330 g/mol. The molecule has 0 bridgehead atoms. The summed E-state index contributed by atoms with van der Waals surface area (Å²) >= 11 is 6.07. The number of nitrogens with one attached hydrogen (secondary N) is 1. The highest BCUT2D eigenvalue weighted by Crippen LogP contribution is 2.27. The van der Waals surface area contributed by atoms with Crippen LogP contribution >= 0.6 is 11.6 Å². The second-order valence-electron chi connectivity index (χ2n) is 4.85. The highest BCUT2D eigenvalue weighted by Gasteiger charge is 2.13. The van der Waals surface area contributed by atoms with E-state index in [2.05, 4.69) is 15.5 Å². The van der Waals surface area contributed by atoms with Gasteiger partial charge in [0.15, 0.2) is 0 Å². The molecule has 7 heteroatoms. The van der Waals surface area contributed by atoms with Gasteiger partial charge in [0.25, 0.3) is 5.89 Å². The zero-order valence-electron chi connectivity index (χ0n) is 12.6. The maximum absolute atomic E-state index is 11.9. The van der Waals surface area contributed by atoms with E-state index in [1.54, 1.807) is 18.2 Å². The van der Waals surface area contributed by atoms with Gasteiger partial charge in [-0.05, 0) is 24.3 Å². The van der Waals surface area contributed by atoms with E-state index in [9.17, 15) is 4.79 Å². The molecule has 0 radical (unpaired) electrons. The van der Waals surface area contributed by atoms with Gasteiger partial charge in [-0.1, -0.05) is 47.0 Å². The minimum Gasteiger partial charge on any atom is -0.493 e. The highest BCUT2D eigenvalue weighted by molar-refractivity contribution is 6.33. The SMILES string of the molecule is O=C(CCOc1ccccc1)Nc1nnc(-c2ccccc2Cl)o1. The molecule has 0 saturated carbocycles. The number of ether oxygens (including phenoxy) is 1. The lowest BCUT2D eigenvalue weighted by molar-refractivity contribution is -0.116. The number of halogens is 1. The fourth-order valence-electron chi connectivity index (χ4n) is 1.98. The molecule has 1 heterocycles. The second-order valence-corrected chi connectivity index (χ2v) is 5.26. The van der Waals surface area contributed by atoms with Crippen molar-refractivity contribution < 1.29 is 13.9 Å². The van der Waals surface area contributed by atoms with Crippen LogP contribution in [0.1, 0.15) is 6.42 Å². The summed E-state index contributed by atoms with van der Waals surface area (Å²) in [5.74, 6) is 0.681. The van der Waals surface area contributed by atoms with Gasteiger partial charge < -0.3 is 9.15 Å². The highest BCUT2D eigenvalue weighted by atomic mass is 35.5. The summed E-state index contributed by atoms with van der Waals surface area (Å²) in [5, 5.41) is 10.7. The van der Waals surface area contributed by atoms with Crippen LogP contribution in [-0.4, -0.2) is 22.7 Å². The molecule has 0 saturated heterocycles. The van der Waals surface area contributed by atoms with Crippen molar-refractivity contribution in [3.8, 4) is 17.2 Å². The van der Waals surface area contributed by atoms with Crippen LogP contribution < -0.4 is 10.1 Å². The van der Waals surface area contributed by atoms with Crippen LogP contribution in [-0.2, 0) is 4.79 Å². The number of para-hydroxylation sites is 1. The lowest BCUT2D eigenvalue weighted by Crippen LogP contribution is -2.15. The minimum absolute atomic E-state index is 0.0228. The predicted octanol–water partition coefficient (Wildman–Crippen LogP) is 3.80. The van der Waals surface area contributed by atoms with Crippen LogP contribution in [0, 0.1) is 0 Å². The largest absolute Gasteiger partial charge is 0.493 e. The quantitative estimate of drug-likeness (QED) is 0.736. The summed E-state index contributed by atoms with van der Waals surface area (Å²) in [4.78, 5) is 11.9. The molecule has 0 aliphatic rings. The van der Waals surface area contributed by atoms with E-state index in [4.69, 9.17) is 20.8 Å². The van der Waals surface area contributed by atoms with Gasteiger partial charge in [-0.25, -0.2) is 0 Å². The maximum atomic E-state index is 11.9. The first kappa shape index (κ1) is 16.0. The van der Waals surface area contributed by atoms with Gasteiger partial charge in [0.1, 0.15) is 5.75 Å². The number of nitrogens with zero attached hydrogens (tertiary/aromatic N) is 2. The van der Waals surface area contributed by atoms with Crippen molar-refractivity contribution in [2.75, 3.05) is 11.9 Å². The van der Waals surface area contributed by atoms with Gasteiger partial charge in [-0.3, -0.25) is 10.1 Å². The smallest absolute Gasteiger partial charge is 0.322 e. The first-order valence-corrected chi connectivity index (χ1v) is 7.66. The molecule has 0 fully saturated rings. The topological polar surface area (TPSA) is 77.2 Å². The van der Waals surface area contributed by atoms with Gasteiger partial charge in [-0.2, -0.15) is 0 Å². The van der Waals surface area contributed by atoms with Gasteiger partial charge in [0.2, 0.25) is 5.91 Å². The van der Waals surface area contributed by atoms with E-state index in [-0.39, 0.29) is 30.8 Å². The molecule has 3 aromatic rings. The molecule has 0 aliphatic carbocycles. The standard InChI is InChI=1S/C17H14ClN3O3/c18-14-9-5-4-8-13(14)16-20-21-17(24-16)19-15(22)10-11-23-12-6-2-1-3-7-12/h1-9H,10-11H2,(H,19,21,22). The average Bonchev–Trinajstić information content (AvgIpc) is 3.04. The van der Waals surface area contributed by atoms with E-state index in [1.165, 1.54) is 0 Å². The molecule has 1 aromatic heterocycles. The van der Waals surface area contributed by atoms with Gasteiger partial charge >= 0.3 is 6.01 Å². The lowest BCUT2D eigenvalue weighted by atomic mass is 10.2.